The van der Waals surface area contributed by atoms with Gasteiger partial charge in [0.2, 0.25) is 5.52 Å². The number of benzene rings is 1. The molecule has 1 aromatic carbocycles. The van der Waals surface area contributed by atoms with Crippen molar-refractivity contribution in [2.75, 3.05) is 5.73 Å². The fourth-order valence-corrected chi connectivity index (χ4v) is 2.66. The summed E-state index contributed by atoms with van der Waals surface area (Å²) in [6.45, 7) is 2.11. The van der Waals surface area contributed by atoms with Crippen molar-refractivity contribution in [2.45, 2.75) is 32.6 Å². The van der Waals surface area contributed by atoms with E-state index in [1.165, 1.54) is 40.6 Å². The van der Waals surface area contributed by atoms with Gasteiger partial charge in [-0.2, -0.15) is 0 Å². The largest absolute Gasteiger partial charge is 0.398 e. The lowest BCUT2D eigenvalue weighted by Crippen LogP contribution is -2.20. The minimum absolute atomic E-state index is 0.993. The van der Waals surface area contributed by atoms with E-state index in [1.807, 2.05) is 0 Å². The van der Waals surface area contributed by atoms with Crippen LogP contribution in [0.5, 0.6) is 0 Å². The van der Waals surface area contributed by atoms with Gasteiger partial charge in [0.25, 0.3) is 0 Å². The van der Waals surface area contributed by atoms with Crippen LogP contribution in [-0.4, -0.2) is 0 Å². The van der Waals surface area contributed by atoms with Crippen LogP contribution < -0.4 is 10.7 Å². The first kappa shape index (κ1) is 9.64. The Morgan fingerprint density at radius 3 is 2.88 bits per heavy atom. The first-order valence-electron chi connectivity index (χ1n) is 5.98. The Hall–Kier alpha value is -1.57. The van der Waals surface area contributed by atoms with Gasteiger partial charge < -0.3 is 5.73 Å². The normalized spacial score (nSPS) is 15.1. The molecule has 2 heteroatoms. The number of aromatic nitrogens is 1. The molecule has 82 valence electrons. The van der Waals surface area contributed by atoms with E-state index >= 15 is 0 Å². The molecule has 1 aliphatic rings. The zero-order valence-electron chi connectivity index (χ0n) is 9.64. The molecule has 0 saturated heterocycles. The summed E-state index contributed by atoms with van der Waals surface area (Å²) in [5.41, 5.74) is 12.4. The number of H-pyrrole nitrogens is 1. The third kappa shape index (κ3) is 1.37. The van der Waals surface area contributed by atoms with Crippen molar-refractivity contribution in [3.05, 3.63) is 35.0 Å². The van der Waals surface area contributed by atoms with Gasteiger partial charge in [0.1, 0.15) is 0 Å². The van der Waals surface area contributed by atoms with Crippen molar-refractivity contribution < 1.29 is 4.98 Å². The van der Waals surface area contributed by atoms with E-state index < -0.39 is 0 Å². The smallest absolute Gasteiger partial charge is 0.213 e. The number of hydrogen-bond donors (Lipinski definition) is 1. The van der Waals surface area contributed by atoms with E-state index in [0.29, 0.717) is 0 Å². The molecule has 0 atom stereocenters. The van der Waals surface area contributed by atoms with Crippen molar-refractivity contribution in [1.82, 2.24) is 0 Å². The Balaban J connectivity index is 2.35. The molecule has 1 heterocycles. The predicted molar refractivity (Wildman–Crippen MR) is 66.3 cm³/mol. The minimum atomic E-state index is 0.993. The summed E-state index contributed by atoms with van der Waals surface area (Å²) in [7, 11) is 0. The van der Waals surface area contributed by atoms with Crippen molar-refractivity contribution in [3.63, 3.8) is 0 Å². The van der Waals surface area contributed by atoms with Gasteiger partial charge in [0.05, 0.1) is 11.1 Å². The first-order chi connectivity index (χ1) is 7.75. The van der Waals surface area contributed by atoms with Crippen LogP contribution in [-0.2, 0) is 12.8 Å². The molecule has 0 saturated carbocycles. The molecule has 0 fully saturated rings. The molecule has 1 aliphatic carbocycles. The minimum Gasteiger partial charge on any atom is -0.398 e. The van der Waals surface area contributed by atoms with E-state index in [0.717, 1.165) is 18.5 Å². The third-order valence-electron chi connectivity index (χ3n) is 3.54. The van der Waals surface area contributed by atoms with E-state index in [1.54, 1.807) is 0 Å². The molecule has 1 aromatic heterocycles. The molecule has 0 aliphatic heterocycles. The van der Waals surface area contributed by atoms with Crippen LogP contribution in [0, 0.1) is 6.92 Å². The number of nitrogens with two attached hydrogens (primary N) is 1. The van der Waals surface area contributed by atoms with Crippen LogP contribution in [0.15, 0.2) is 18.2 Å². The van der Waals surface area contributed by atoms with Gasteiger partial charge in [-0.1, -0.05) is 6.07 Å². The molecule has 0 amide bonds. The first-order valence-corrected chi connectivity index (χ1v) is 5.98. The molecule has 0 spiro atoms. The van der Waals surface area contributed by atoms with E-state index in [9.17, 15) is 0 Å². The standard InChI is InChI=1S/C14H16N2/c1-9-6-7-13-11(8-9)14(15)10-4-2-3-5-12(10)16-13/h6-8H,2-5H2,1H3,(H2,15,16)/p+1. The molecule has 3 rings (SSSR count). The molecule has 2 aromatic rings. The van der Waals surface area contributed by atoms with Gasteiger partial charge in [0.15, 0.2) is 5.69 Å². The fraction of sp³-hybridized carbons (Fsp3) is 0.357. The molecule has 16 heavy (non-hydrogen) atoms. The Labute approximate surface area is 95.5 Å². The summed E-state index contributed by atoms with van der Waals surface area (Å²) >= 11 is 0. The van der Waals surface area contributed by atoms with Crippen molar-refractivity contribution >= 4 is 16.6 Å². The van der Waals surface area contributed by atoms with E-state index in [2.05, 4.69) is 30.1 Å². The van der Waals surface area contributed by atoms with Gasteiger partial charge in [-0.05, 0) is 37.8 Å². The predicted octanol–water partition coefficient (Wildman–Crippen LogP) is 2.42. The van der Waals surface area contributed by atoms with Gasteiger partial charge in [-0.3, -0.25) is 0 Å². The number of aromatic amines is 1. The zero-order valence-corrected chi connectivity index (χ0v) is 9.64. The maximum absolute atomic E-state index is 6.29. The highest BCUT2D eigenvalue weighted by Gasteiger charge is 2.21. The molecular formula is C14H17N2+. The summed E-state index contributed by atoms with van der Waals surface area (Å²) in [5, 5.41) is 1.18. The quantitative estimate of drug-likeness (QED) is 0.717. The second-order valence-electron chi connectivity index (χ2n) is 4.75. The Kier molecular flexibility index (Phi) is 2.10. The van der Waals surface area contributed by atoms with Gasteiger partial charge in [-0.25, -0.2) is 4.98 Å². The number of rotatable bonds is 0. The average Bonchev–Trinajstić information content (AvgIpc) is 2.31. The van der Waals surface area contributed by atoms with Gasteiger partial charge in [0, 0.05) is 18.1 Å². The average molecular weight is 213 g/mol. The maximum atomic E-state index is 6.29. The Morgan fingerprint density at radius 1 is 1.19 bits per heavy atom. The van der Waals surface area contributed by atoms with Crippen LogP contribution in [0.1, 0.15) is 29.7 Å². The number of aryl methyl sites for hydroxylation is 2. The van der Waals surface area contributed by atoms with Crippen LogP contribution in [0.3, 0.4) is 0 Å². The summed E-state index contributed by atoms with van der Waals surface area (Å²) in [6.07, 6.45) is 4.81. The molecular weight excluding hydrogens is 196 g/mol. The lowest BCUT2D eigenvalue weighted by molar-refractivity contribution is -0.359. The summed E-state index contributed by atoms with van der Waals surface area (Å²) in [5.74, 6) is 0. The summed E-state index contributed by atoms with van der Waals surface area (Å²) in [4.78, 5) is 3.54. The van der Waals surface area contributed by atoms with Crippen molar-refractivity contribution in [3.8, 4) is 0 Å². The lowest BCUT2D eigenvalue weighted by atomic mass is 9.92. The van der Waals surface area contributed by atoms with Crippen LogP contribution in [0.25, 0.3) is 10.9 Å². The highest BCUT2D eigenvalue weighted by atomic mass is 14.7. The maximum Gasteiger partial charge on any atom is 0.213 e. The number of pyridine rings is 1. The number of anilines is 1. The SMILES string of the molecule is Cc1ccc2[nH+]c3c(c(N)c2c1)CCCC3. The van der Waals surface area contributed by atoms with Crippen LogP contribution in [0.2, 0.25) is 0 Å². The van der Waals surface area contributed by atoms with Crippen molar-refractivity contribution in [2.24, 2.45) is 0 Å². The number of nitrogens with one attached hydrogen (secondary N) is 1. The Bertz CT molecular complexity index is 558. The topological polar surface area (TPSA) is 40.2 Å². The summed E-state index contributed by atoms with van der Waals surface area (Å²) < 4.78 is 0. The fourth-order valence-electron chi connectivity index (χ4n) is 2.66. The zero-order chi connectivity index (χ0) is 11.1. The highest BCUT2D eigenvalue weighted by Crippen LogP contribution is 2.29. The van der Waals surface area contributed by atoms with Crippen LogP contribution in [0.4, 0.5) is 5.69 Å². The lowest BCUT2D eigenvalue weighted by Gasteiger charge is -2.14. The number of fused-ring (bicyclic) bond motifs is 2. The monoisotopic (exact) mass is 213 g/mol. The highest BCUT2D eigenvalue weighted by molar-refractivity contribution is 5.90. The second-order valence-corrected chi connectivity index (χ2v) is 4.75. The van der Waals surface area contributed by atoms with E-state index in [4.69, 9.17) is 5.73 Å². The van der Waals surface area contributed by atoms with Gasteiger partial charge in [-0.15, -0.1) is 0 Å². The molecule has 0 unspecified atom stereocenters. The Morgan fingerprint density at radius 2 is 2.00 bits per heavy atom. The number of nitrogen functional groups attached to an aromatic ring is 1. The van der Waals surface area contributed by atoms with Crippen LogP contribution >= 0.6 is 0 Å². The van der Waals surface area contributed by atoms with Gasteiger partial charge >= 0.3 is 0 Å². The summed E-state index contributed by atoms with van der Waals surface area (Å²) in [6, 6.07) is 6.44. The molecule has 2 nitrogen and oxygen atoms in total. The third-order valence-corrected chi connectivity index (χ3v) is 3.54. The second kappa shape index (κ2) is 3.48. The number of hydrogen-bond acceptors (Lipinski definition) is 1. The molecule has 3 N–H and O–H groups in total. The van der Waals surface area contributed by atoms with E-state index in [-0.39, 0.29) is 0 Å². The van der Waals surface area contributed by atoms with Crippen molar-refractivity contribution in [1.29, 1.82) is 0 Å². The molecule has 0 bridgehead atoms. The molecule has 0 radical (unpaired) electrons.